The van der Waals surface area contributed by atoms with E-state index in [2.05, 4.69) is 374 Å². The first-order chi connectivity index (χ1) is 59.4. The topological polar surface area (TPSA) is 19.6 Å². The maximum atomic E-state index is 6.16. The molecule has 120 heavy (non-hydrogen) atoms. The predicted octanol–water partition coefficient (Wildman–Crippen LogP) is 32.0. The van der Waals surface area contributed by atoms with Crippen LogP contribution in [0.3, 0.4) is 0 Å². The Balaban J connectivity index is 0.000000133. The summed E-state index contributed by atoms with van der Waals surface area (Å²) in [4.78, 5) is 4.69. The van der Waals surface area contributed by atoms with Crippen LogP contribution in [-0.4, -0.2) is 0 Å². The van der Waals surface area contributed by atoms with Crippen LogP contribution in [0.5, 0.6) is 0 Å². The number of rotatable bonds is 12. The van der Waals surface area contributed by atoms with Crippen LogP contribution in [-0.2, 0) is 10.8 Å². The van der Waals surface area contributed by atoms with E-state index in [9.17, 15) is 0 Å². The monoisotopic (exact) mass is 1560 g/mol. The molecule has 18 aromatic rings. The van der Waals surface area contributed by atoms with Crippen LogP contribution in [0.15, 0.2) is 381 Å². The predicted molar refractivity (Wildman–Crippen MR) is 502 cm³/mol. The Bertz CT molecular complexity index is 6540. The molecule has 576 valence electrons. The maximum absolute atomic E-state index is 6.16. The summed E-state index contributed by atoms with van der Waals surface area (Å²) in [5, 5.41) is 4.88. The highest BCUT2D eigenvalue weighted by Gasteiger charge is 2.63. The largest absolute Gasteiger partial charge is 0.456 e. The molecule has 10 aliphatic carbocycles. The van der Waals surface area contributed by atoms with E-state index in [1.165, 1.54) is 173 Å². The second kappa shape index (κ2) is 27.9. The van der Waals surface area contributed by atoms with Gasteiger partial charge in [-0.2, -0.15) is 0 Å². The van der Waals surface area contributed by atoms with Gasteiger partial charge in [0.25, 0.3) is 0 Å². The standard InChI is InChI=1S/C58H45NO.C58H45NS/c2*1-2-9-46(10-3-1)59(48-29-30-56-52(36-48)50-11-5-7-16-55(50)60-56)47-27-25-42(26-28-47)40-19-17-39(18-20-40)41-21-23-43(24-22-41)49-13-8-15-54-57(49)51-12-4-6-14-53(51)58(54)44-32-37-31-38(34-44)35-45(58)33-37/h2*1-30,36-38,44-45H,31-35H2. The lowest BCUT2D eigenvalue weighted by Gasteiger charge is -2.61. The van der Waals surface area contributed by atoms with Crippen LogP contribution in [0, 0.1) is 47.3 Å². The van der Waals surface area contributed by atoms with Gasteiger partial charge in [-0.15, -0.1) is 11.3 Å². The van der Waals surface area contributed by atoms with Crippen molar-refractivity contribution < 1.29 is 4.42 Å². The van der Waals surface area contributed by atoms with Gasteiger partial charge in [0.15, 0.2) is 0 Å². The van der Waals surface area contributed by atoms with Crippen molar-refractivity contribution in [3.63, 3.8) is 0 Å². The molecule has 0 amide bonds. The smallest absolute Gasteiger partial charge is 0.135 e. The molecule has 0 saturated heterocycles. The molecule has 0 atom stereocenters. The Hall–Kier alpha value is -12.9. The Labute approximate surface area is 706 Å². The van der Waals surface area contributed by atoms with Crippen molar-refractivity contribution in [1.82, 2.24) is 0 Å². The van der Waals surface area contributed by atoms with Gasteiger partial charge < -0.3 is 14.2 Å². The summed E-state index contributed by atoms with van der Waals surface area (Å²) in [6, 6.07) is 140. The number of hydrogen-bond acceptors (Lipinski definition) is 4. The summed E-state index contributed by atoms with van der Waals surface area (Å²) < 4.78 is 8.81. The highest BCUT2D eigenvalue weighted by atomic mass is 32.1. The third-order valence-corrected chi connectivity index (χ3v) is 31.3. The van der Waals surface area contributed by atoms with Gasteiger partial charge in [0.1, 0.15) is 11.2 Å². The number of nitrogens with zero attached hydrogens (tertiary/aromatic N) is 2. The van der Waals surface area contributed by atoms with Crippen molar-refractivity contribution in [3.8, 4) is 89.0 Å². The molecule has 2 heterocycles. The lowest BCUT2D eigenvalue weighted by molar-refractivity contribution is -0.0399. The number of para-hydroxylation sites is 3. The van der Waals surface area contributed by atoms with Crippen molar-refractivity contribution in [3.05, 3.63) is 398 Å². The molecule has 0 unspecified atom stereocenters. The van der Waals surface area contributed by atoms with Gasteiger partial charge in [-0.3, -0.25) is 0 Å². The van der Waals surface area contributed by atoms with Gasteiger partial charge in [0.2, 0.25) is 0 Å². The van der Waals surface area contributed by atoms with E-state index in [-0.39, 0.29) is 10.8 Å². The zero-order valence-electron chi connectivity index (χ0n) is 67.2. The zero-order chi connectivity index (χ0) is 78.7. The molecule has 0 radical (unpaired) electrons. The number of fused-ring (bicyclic) bond motifs is 12. The number of furan rings is 1. The Kier molecular flexibility index (Phi) is 16.3. The second-order valence-corrected chi connectivity index (χ2v) is 37.3. The number of anilines is 6. The van der Waals surface area contributed by atoms with E-state index in [4.69, 9.17) is 4.42 Å². The van der Waals surface area contributed by atoms with Gasteiger partial charge >= 0.3 is 0 Å². The lowest BCUT2D eigenvalue weighted by atomic mass is 9.43. The van der Waals surface area contributed by atoms with Gasteiger partial charge in [-0.25, -0.2) is 0 Å². The van der Waals surface area contributed by atoms with Crippen LogP contribution in [0.4, 0.5) is 34.1 Å². The Morgan fingerprint density at radius 1 is 0.217 bits per heavy atom. The summed E-state index contributed by atoms with van der Waals surface area (Å²) in [5.74, 6) is 6.94. The quantitative estimate of drug-likeness (QED) is 0.122. The second-order valence-electron chi connectivity index (χ2n) is 36.2. The van der Waals surface area contributed by atoms with E-state index in [0.29, 0.717) is 0 Å². The van der Waals surface area contributed by atoms with Crippen molar-refractivity contribution >= 4 is 87.6 Å². The highest BCUT2D eigenvalue weighted by molar-refractivity contribution is 7.25. The van der Waals surface area contributed by atoms with Crippen LogP contribution in [0.1, 0.15) is 86.5 Å². The number of thiophene rings is 1. The molecule has 8 fully saturated rings. The minimum absolute atomic E-state index is 0.198. The molecule has 28 rings (SSSR count). The van der Waals surface area contributed by atoms with E-state index in [1.54, 1.807) is 22.3 Å². The fourth-order valence-electron chi connectivity index (χ4n) is 25.6. The first-order valence-corrected chi connectivity index (χ1v) is 44.8. The van der Waals surface area contributed by atoms with Gasteiger partial charge in [0.05, 0.1) is 0 Å². The summed E-state index contributed by atoms with van der Waals surface area (Å²) in [6.45, 7) is 0. The van der Waals surface area contributed by atoms with E-state index >= 15 is 0 Å². The molecule has 0 aliphatic heterocycles. The molecular weight excluding hydrogens is 1470 g/mol. The molecule has 0 N–H and O–H groups in total. The summed E-state index contributed by atoms with van der Waals surface area (Å²) in [6.07, 6.45) is 14.3. The molecule has 3 nitrogen and oxygen atoms in total. The number of benzene rings is 16. The Morgan fingerprint density at radius 3 is 0.967 bits per heavy atom. The molecule has 2 spiro atoms. The van der Waals surface area contributed by atoms with Crippen LogP contribution < -0.4 is 9.80 Å². The molecule has 8 bridgehead atoms. The van der Waals surface area contributed by atoms with Crippen molar-refractivity contribution in [2.75, 3.05) is 9.80 Å². The molecule has 10 aliphatic rings. The van der Waals surface area contributed by atoms with Gasteiger partial charge in [-0.05, 0) is 320 Å². The molecular formula is C116H90N2OS. The summed E-state index contributed by atoms with van der Waals surface area (Å²) >= 11 is 1.86. The molecule has 2 aromatic heterocycles. The van der Waals surface area contributed by atoms with Gasteiger partial charge in [-0.1, -0.05) is 279 Å². The van der Waals surface area contributed by atoms with Crippen molar-refractivity contribution in [2.24, 2.45) is 47.3 Å². The van der Waals surface area contributed by atoms with E-state index in [0.717, 1.165) is 103 Å². The van der Waals surface area contributed by atoms with Crippen LogP contribution >= 0.6 is 11.3 Å². The van der Waals surface area contributed by atoms with E-state index in [1.807, 2.05) is 23.5 Å². The summed E-state index contributed by atoms with van der Waals surface area (Å²) in [7, 11) is 0. The van der Waals surface area contributed by atoms with Crippen molar-refractivity contribution in [2.45, 2.75) is 75.0 Å². The average molecular weight is 1560 g/mol. The summed E-state index contributed by atoms with van der Waals surface area (Å²) in [5.41, 5.74) is 36.7. The number of hydrogen-bond donors (Lipinski definition) is 0. The molecule has 16 aromatic carbocycles. The minimum Gasteiger partial charge on any atom is -0.456 e. The normalized spacial score (nSPS) is 22.1. The first-order valence-electron chi connectivity index (χ1n) is 44.0. The fourth-order valence-corrected chi connectivity index (χ4v) is 26.7. The zero-order valence-corrected chi connectivity index (χ0v) is 68.0. The Morgan fingerprint density at radius 2 is 0.525 bits per heavy atom. The van der Waals surface area contributed by atoms with Crippen LogP contribution in [0.25, 0.3) is 131 Å². The third kappa shape index (κ3) is 11.1. The average Bonchev–Trinajstić information content (AvgIpc) is 1.50. The first kappa shape index (κ1) is 70.2. The maximum Gasteiger partial charge on any atom is 0.135 e. The molecule has 4 heteroatoms. The SMILES string of the molecule is c1ccc(N(c2ccc(-c3ccc(-c4ccc(-c5cccc6c5-c5ccccc5C65C6CC7CC(C6)CC5C7)cc4)cc3)cc2)c2ccc3oc4ccccc4c3c2)cc1.c1ccc(N(c2ccc(-c3ccc(-c4ccc(-c5cccc6c5-c5ccccc5C65C6CC7CC(C6)CC5C7)cc4)cc3)cc2)c2ccc3sc4ccccc4c3c2)cc1. The molecule has 8 saturated carbocycles. The van der Waals surface area contributed by atoms with Crippen molar-refractivity contribution in [1.29, 1.82) is 0 Å². The third-order valence-electron chi connectivity index (χ3n) is 30.2. The van der Waals surface area contributed by atoms with E-state index < -0.39 is 0 Å². The highest BCUT2D eigenvalue weighted by Crippen LogP contribution is 2.72. The minimum atomic E-state index is 0.198. The van der Waals surface area contributed by atoms with Crippen LogP contribution in [0.2, 0.25) is 0 Å². The van der Waals surface area contributed by atoms with Gasteiger partial charge in [0, 0.05) is 75.9 Å². The lowest BCUT2D eigenvalue weighted by Crippen LogP contribution is -2.55. The fraction of sp³-hybridized carbons (Fsp3) is 0.172.